The molecule has 0 aliphatic carbocycles. The molecule has 0 fully saturated rings. The second kappa shape index (κ2) is 6.66. The van der Waals surface area contributed by atoms with Gasteiger partial charge in [0.25, 0.3) is 5.82 Å². The van der Waals surface area contributed by atoms with Crippen LogP contribution in [0.5, 0.6) is 0 Å². The lowest BCUT2D eigenvalue weighted by atomic mass is 9.87. The molecule has 2 rings (SSSR count). The monoisotopic (exact) mass is 302 g/mol. The van der Waals surface area contributed by atoms with Gasteiger partial charge in [0, 0.05) is 18.4 Å². The number of anilines is 1. The van der Waals surface area contributed by atoms with Crippen LogP contribution in [-0.2, 0) is 24.2 Å². The predicted octanol–water partition coefficient (Wildman–Crippen LogP) is 3.02. The summed E-state index contributed by atoms with van der Waals surface area (Å²) in [5.41, 5.74) is 4.15. The number of aromatic amines is 1. The number of nitriles is 1. The molecular weight excluding hydrogens is 274 g/mol. The van der Waals surface area contributed by atoms with Crippen molar-refractivity contribution in [2.75, 3.05) is 18.5 Å². The maximum atomic E-state index is 9.75. The van der Waals surface area contributed by atoms with Crippen molar-refractivity contribution >= 4 is 5.82 Å². The Bertz CT molecular complexity index is 587. The van der Waals surface area contributed by atoms with E-state index in [4.69, 9.17) is 4.74 Å². The second-order valence-electron chi connectivity index (χ2n) is 6.75. The minimum absolute atomic E-state index is 0.204. The summed E-state index contributed by atoms with van der Waals surface area (Å²) in [7, 11) is 2.07. The van der Waals surface area contributed by atoms with Crippen LogP contribution in [-0.4, -0.2) is 19.2 Å². The third-order valence-corrected chi connectivity index (χ3v) is 4.44. The number of fused-ring (bicyclic) bond motifs is 1. The standard InChI is InChI=1S/C18H27N3O/c1-6-8-9-21(5)17-14(11-19)13-10-18(3,4)22-12-15(13)16(7-2)20-17/h6-10,12H2,1-5H3/p+1. The third kappa shape index (κ3) is 3.25. The van der Waals surface area contributed by atoms with Crippen molar-refractivity contribution in [3.8, 4) is 6.07 Å². The average Bonchev–Trinajstić information content (AvgIpc) is 2.49. The van der Waals surface area contributed by atoms with Crippen LogP contribution in [0.2, 0.25) is 0 Å². The lowest BCUT2D eigenvalue weighted by Crippen LogP contribution is -2.37. The minimum atomic E-state index is -0.204. The first-order valence-corrected chi connectivity index (χ1v) is 8.28. The van der Waals surface area contributed by atoms with Gasteiger partial charge in [0.05, 0.1) is 25.8 Å². The smallest absolute Gasteiger partial charge is 0.292 e. The summed E-state index contributed by atoms with van der Waals surface area (Å²) < 4.78 is 5.96. The Kier molecular flexibility index (Phi) is 5.08. The third-order valence-electron chi connectivity index (χ3n) is 4.44. The summed E-state index contributed by atoms with van der Waals surface area (Å²) in [5.74, 6) is 0.962. The lowest BCUT2D eigenvalue weighted by molar-refractivity contribution is -0.378. The number of nitrogens with zero attached hydrogens (tertiary/aromatic N) is 2. The summed E-state index contributed by atoms with van der Waals surface area (Å²) in [4.78, 5) is 5.69. The van der Waals surface area contributed by atoms with Crippen molar-refractivity contribution in [1.29, 1.82) is 5.26 Å². The summed E-state index contributed by atoms with van der Waals surface area (Å²) in [6, 6.07) is 2.44. The molecule has 1 aromatic heterocycles. The van der Waals surface area contributed by atoms with Gasteiger partial charge >= 0.3 is 0 Å². The Morgan fingerprint density at radius 1 is 1.32 bits per heavy atom. The highest BCUT2D eigenvalue weighted by Gasteiger charge is 2.34. The van der Waals surface area contributed by atoms with Gasteiger partial charge < -0.3 is 4.74 Å². The zero-order chi connectivity index (χ0) is 16.3. The summed E-state index contributed by atoms with van der Waals surface area (Å²) in [6.07, 6.45) is 4.00. The molecule has 0 unspecified atom stereocenters. The molecule has 0 aromatic carbocycles. The molecule has 0 atom stereocenters. The largest absolute Gasteiger partial charge is 0.370 e. The van der Waals surface area contributed by atoms with E-state index < -0.39 is 0 Å². The van der Waals surface area contributed by atoms with E-state index in [0.717, 1.165) is 43.6 Å². The quantitative estimate of drug-likeness (QED) is 0.840. The summed E-state index contributed by atoms with van der Waals surface area (Å²) in [5, 5.41) is 9.75. The van der Waals surface area contributed by atoms with E-state index in [1.807, 2.05) is 0 Å². The van der Waals surface area contributed by atoms with Gasteiger partial charge in [-0.15, -0.1) is 0 Å². The molecule has 0 radical (unpaired) electrons. The van der Waals surface area contributed by atoms with Crippen LogP contribution in [0, 0.1) is 11.3 Å². The maximum Gasteiger partial charge on any atom is 0.292 e. The van der Waals surface area contributed by atoms with Crippen LogP contribution in [0.15, 0.2) is 0 Å². The van der Waals surface area contributed by atoms with Gasteiger partial charge in [-0.1, -0.05) is 20.3 Å². The van der Waals surface area contributed by atoms with E-state index >= 15 is 0 Å². The molecule has 2 heterocycles. The van der Waals surface area contributed by atoms with Crippen molar-refractivity contribution < 1.29 is 9.72 Å². The molecule has 1 aliphatic rings. The predicted molar refractivity (Wildman–Crippen MR) is 87.8 cm³/mol. The lowest BCUT2D eigenvalue weighted by Gasteiger charge is -2.33. The zero-order valence-electron chi connectivity index (χ0n) is 14.5. The van der Waals surface area contributed by atoms with E-state index in [1.165, 1.54) is 16.8 Å². The Morgan fingerprint density at radius 2 is 2.05 bits per heavy atom. The van der Waals surface area contributed by atoms with Crippen molar-refractivity contribution in [2.45, 2.75) is 65.6 Å². The van der Waals surface area contributed by atoms with Gasteiger partial charge in [0.1, 0.15) is 17.3 Å². The number of rotatable bonds is 5. The summed E-state index contributed by atoms with van der Waals surface area (Å²) >= 11 is 0. The van der Waals surface area contributed by atoms with Crippen molar-refractivity contribution in [3.63, 3.8) is 0 Å². The van der Waals surface area contributed by atoms with Crippen LogP contribution in [0.4, 0.5) is 5.82 Å². The van der Waals surface area contributed by atoms with E-state index in [0.29, 0.717) is 6.61 Å². The molecule has 0 saturated heterocycles. The maximum absolute atomic E-state index is 9.75. The van der Waals surface area contributed by atoms with E-state index in [-0.39, 0.29) is 5.60 Å². The number of hydrogen-bond donors (Lipinski definition) is 0. The molecule has 1 N–H and O–H groups in total. The van der Waals surface area contributed by atoms with E-state index in [2.05, 4.69) is 50.7 Å². The number of H-pyrrole nitrogens is 1. The minimum Gasteiger partial charge on any atom is -0.370 e. The molecule has 0 amide bonds. The fraction of sp³-hybridized carbons (Fsp3) is 0.667. The van der Waals surface area contributed by atoms with Crippen LogP contribution in [0.25, 0.3) is 0 Å². The number of hydrogen-bond acceptors (Lipinski definition) is 3. The van der Waals surface area contributed by atoms with Crippen molar-refractivity contribution in [3.05, 3.63) is 22.4 Å². The molecule has 0 saturated carbocycles. The first kappa shape index (κ1) is 16.8. The van der Waals surface area contributed by atoms with Gasteiger partial charge in [-0.25, -0.2) is 4.98 Å². The van der Waals surface area contributed by atoms with Gasteiger partial charge in [-0.3, -0.25) is 4.90 Å². The Hall–Kier alpha value is -1.60. The number of unbranched alkanes of at least 4 members (excludes halogenated alkanes) is 1. The SMILES string of the molecule is CCCCN(C)c1[nH+]c(CC)c2c(c1C#N)CC(C)(C)OC2. The first-order chi connectivity index (χ1) is 10.4. The number of pyridine rings is 1. The molecule has 0 spiro atoms. The fourth-order valence-electron chi connectivity index (χ4n) is 3.09. The molecule has 0 bridgehead atoms. The van der Waals surface area contributed by atoms with E-state index in [9.17, 15) is 5.26 Å². The van der Waals surface area contributed by atoms with Crippen LogP contribution in [0.3, 0.4) is 0 Å². The fourth-order valence-corrected chi connectivity index (χ4v) is 3.09. The van der Waals surface area contributed by atoms with E-state index in [1.54, 1.807) is 0 Å². The molecule has 4 heteroatoms. The highest BCUT2D eigenvalue weighted by molar-refractivity contribution is 5.57. The van der Waals surface area contributed by atoms with Gasteiger partial charge in [-0.2, -0.15) is 5.26 Å². The zero-order valence-corrected chi connectivity index (χ0v) is 14.5. The van der Waals surface area contributed by atoms with Gasteiger partial charge in [0.15, 0.2) is 0 Å². The molecule has 120 valence electrons. The van der Waals surface area contributed by atoms with Gasteiger partial charge in [0.2, 0.25) is 0 Å². The normalized spacial score (nSPS) is 16.0. The van der Waals surface area contributed by atoms with Crippen molar-refractivity contribution in [1.82, 2.24) is 0 Å². The highest BCUT2D eigenvalue weighted by atomic mass is 16.5. The average molecular weight is 302 g/mol. The number of aromatic nitrogens is 1. The topological polar surface area (TPSA) is 50.4 Å². The summed E-state index contributed by atoms with van der Waals surface area (Å²) in [6.45, 7) is 10.1. The number of nitrogens with one attached hydrogen (secondary N) is 1. The van der Waals surface area contributed by atoms with Crippen LogP contribution in [0.1, 0.15) is 62.9 Å². The highest BCUT2D eigenvalue weighted by Crippen LogP contribution is 2.33. The molecular formula is C18H28N3O+. The molecule has 1 aromatic rings. The molecule has 1 aliphatic heterocycles. The molecule has 4 nitrogen and oxygen atoms in total. The van der Waals surface area contributed by atoms with Crippen LogP contribution >= 0.6 is 0 Å². The first-order valence-electron chi connectivity index (χ1n) is 8.28. The van der Waals surface area contributed by atoms with Crippen LogP contribution < -0.4 is 9.88 Å². The molecule has 22 heavy (non-hydrogen) atoms. The second-order valence-corrected chi connectivity index (χ2v) is 6.75. The Balaban J connectivity index is 2.54. The van der Waals surface area contributed by atoms with Crippen molar-refractivity contribution in [2.24, 2.45) is 0 Å². The Labute approximate surface area is 134 Å². The number of aryl methyl sites for hydroxylation is 1. The Morgan fingerprint density at radius 3 is 2.64 bits per heavy atom. The number of ether oxygens (including phenoxy) is 1. The van der Waals surface area contributed by atoms with Gasteiger partial charge in [-0.05, 0) is 25.8 Å².